The van der Waals surface area contributed by atoms with Gasteiger partial charge < -0.3 is 0 Å². The molecule has 0 bridgehead atoms. The minimum atomic E-state index is 0.153. The fourth-order valence-electron chi connectivity index (χ4n) is 2.06. The largest absolute Gasteiger partial charge is 0.289 e. The van der Waals surface area contributed by atoms with Gasteiger partial charge in [0, 0.05) is 10.6 Å². The number of ketones is 1. The van der Waals surface area contributed by atoms with Crippen molar-refractivity contribution in [1.82, 2.24) is 0 Å². The molecule has 0 radical (unpaired) electrons. The van der Waals surface area contributed by atoms with Crippen molar-refractivity contribution < 1.29 is 4.79 Å². The lowest BCUT2D eigenvalue weighted by Crippen LogP contribution is -2.08. The molecular formula is C14H15ClO. The normalized spacial score (nSPS) is 15.8. The minimum absolute atomic E-state index is 0.153. The summed E-state index contributed by atoms with van der Waals surface area (Å²) in [4.78, 5) is 12.2. The molecule has 1 aromatic carbocycles. The Kier molecular flexibility index (Phi) is 3.45. The van der Waals surface area contributed by atoms with E-state index in [0.717, 1.165) is 36.0 Å². The third kappa shape index (κ3) is 2.35. The maximum absolute atomic E-state index is 12.2. The zero-order chi connectivity index (χ0) is 11.5. The Morgan fingerprint density at radius 3 is 2.81 bits per heavy atom. The van der Waals surface area contributed by atoms with E-state index in [2.05, 4.69) is 6.08 Å². The van der Waals surface area contributed by atoms with Crippen molar-refractivity contribution in [2.24, 2.45) is 0 Å². The van der Waals surface area contributed by atoms with Gasteiger partial charge in [0.15, 0.2) is 5.78 Å². The lowest BCUT2D eigenvalue weighted by atomic mass is 9.91. The van der Waals surface area contributed by atoms with Crippen LogP contribution in [0.2, 0.25) is 5.02 Å². The zero-order valence-corrected chi connectivity index (χ0v) is 10.2. The van der Waals surface area contributed by atoms with E-state index < -0.39 is 0 Å². The van der Waals surface area contributed by atoms with Crippen LogP contribution in [0.1, 0.15) is 41.6 Å². The van der Waals surface area contributed by atoms with Crippen molar-refractivity contribution in [1.29, 1.82) is 0 Å². The molecule has 0 aliphatic heterocycles. The summed E-state index contributed by atoms with van der Waals surface area (Å²) in [7, 11) is 0. The molecule has 1 aliphatic carbocycles. The smallest absolute Gasteiger partial charge is 0.189 e. The molecule has 0 aromatic heterocycles. The minimum Gasteiger partial charge on any atom is -0.289 e. The number of Topliss-reactive ketones (excluding diaryl/α,β-unsaturated/α-hetero) is 1. The first-order valence-electron chi connectivity index (χ1n) is 5.68. The summed E-state index contributed by atoms with van der Waals surface area (Å²) < 4.78 is 0. The van der Waals surface area contributed by atoms with Crippen molar-refractivity contribution >= 4 is 17.4 Å². The summed E-state index contributed by atoms with van der Waals surface area (Å²) >= 11 is 5.93. The number of hydrogen-bond acceptors (Lipinski definition) is 1. The number of carbonyl (C=O) groups excluding carboxylic acids is 1. The first-order chi connectivity index (χ1) is 7.68. The standard InChI is InChI=1S/C14H15ClO/c1-10-7-8-12(15)9-13(10)14(16)11-5-3-2-4-6-11/h5,7-9H,2-4,6H2,1H3. The highest BCUT2D eigenvalue weighted by Crippen LogP contribution is 2.24. The molecule has 0 saturated heterocycles. The third-order valence-corrected chi connectivity index (χ3v) is 3.26. The lowest BCUT2D eigenvalue weighted by Gasteiger charge is -2.13. The van der Waals surface area contributed by atoms with Gasteiger partial charge in [0.2, 0.25) is 0 Å². The van der Waals surface area contributed by atoms with Gasteiger partial charge in [-0.3, -0.25) is 4.79 Å². The van der Waals surface area contributed by atoms with E-state index in [1.165, 1.54) is 6.42 Å². The van der Waals surface area contributed by atoms with Crippen LogP contribution < -0.4 is 0 Å². The van der Waals surface area contributed by atoms with Crippen molar-refractivity contribution in [2.45, 2.75) is 32.6 Å². The summed E-state index contributed by atoms with van der Waals surface area (Å²) in [5.74, 6) is 0.153. The average molecular weight is 235 g/mol. The van der Waals surface area contributed by atoms with Gasteiger partial charge in [0.05, 0.1) is 0 Å². The molecule has 2 heteroatoms. The molecule has 0 amide bonds. The van der Waals surface area contributed by atoms with Crippen LogP contribution in [0.15, 0.2) is 29.8 Å². The molecule has 84 valence electrons. The number of halogens is 1. The summed E-state index contributed by atoms with van der Waals surface area (Å²) in [5, 5.41) is 0.630. The van der Waals surface area contributed by atoms with Crippen LogP contribution >= 0.6 is 11.6 Å². The molecule has 0 spiro atoms. The highest BCUT2D eigenvalue weighted by molar-refractivity contribution is 6.31. The summed E-state index contributed by atoms with van der Waals surface area (Å²) in [6.07, 6.45) is 6.33. The van der Waals surface area contributed by atoms with E-state index in [4.69, 9.17) is 11.6 Å². The van der Waals surface area contributed by atoms with E-state index in [1.807, 2.05) is 19.1 Å². The Morgan fingerprint density at radius 1 is 1.31 bits per heavy atom. The van der Waals surface area contributed by atoms with E-state index in [9.17, 15) is 4.79 Å². The molecule has 16 heavy (non-hydrogen) atoms. The first-order valence-corrected chi connectivity index (χ1v) is 6.06. The highest BCUT2D eigenvalue weighted by Gasteiger charge is 2.16. The summed E-state index contributed by atoms with van der Waals surface area (Å²) in [5.41, 5.74) is 2.71. The van der Waals surface area contributed by atoms with Gasteiger partial charge in [0.1, 0.15) is 0 Å². The average Bonchev–Trinajstić information content (AvgIpc) is 2.32. The Morgan fingerprint density at radius 2 is 2.12 bits per heavy atom. The Bertz CT molecular complexity index is 446. The van der Waals surface area contributed by atoms with Gasteiger partial charge in [0.25, 0.3) is 0 Å². The van der Waals surface area contributed by atoms with Crippen LogP contribution in [-0.4, -0.2) is 5.78 Å². The molecule has 0 atom stereocenters. The van der Waals surface area contributed by atoms with Gasteiger partial charge in [-0.1, -0.05) is 23.7 Å². The fourth-order valence-corrected chi connectivity index (χ4v) is 2.23. The Hall–Kier alpha value is -1.08. The van der Waals surface area contributed by atoms with Gasteiger partial charge >= 0.3 is 0 Å². The SMILES string of the molecule is Cc1ccc(Cl)cc1C(=O)C1=CCCCC1. The maximum Gasteiger partial charge on any atom is 0.189 e. The fraction of sp³-hybridized carbons (Fsp3) is 0.357. The molecule has 0 N–H and O–H groups in total. The van der Waals surface area contributed by atoms with E-state index in [0.29, 0.717) is 5.02 Å². The predicted octanol–water partition coefficient (Wildman–Crippen LogP) is 4.33. The molecule has 0 heterocycles. The van der Waals surface area contributed by atoms with Crippen LogP contribution in [0.3, 0.4) is 0 Å². The first kappa shape index (κ1) is 11.4. The molecule has 0 fully saturated rings. The second-order valence-electron chi connectivity index (χ2n) is 4.26. The molecule has 0 saturated carbocycles. The molecule has 1 aliphatic rings. The number of aryl methyl sites for hydroxylation is 1. The van der Waals surface area contributed by atoms with Gasteiger partial charge in [-0.2, -0.15) is 0 Å². The number of rotatable bonds is 2. The van der Waals surface area contributed by atoms with Gasteiger partial charge in [-0.15, -0.1) is 0 Å². The maximum atomic E-state index is 12.2. The van der Waals surface area contributed by atoms with Crippen LogP contribution in [0, 0.1) is 6.92 Å². The molecule has 0 unspecified atom stereocenters. The molecular weight excluding hydrogens is 220 g/mol. The second-order valence-corrected chi connectivity index (χ2v) is 4.70. The Labute approximate surface area is 101 Å². The van der Waals surface area contributed by atoms with Crippen LogP contribution in [0.25, 0.3) is 0 Å². The van der Waals surface area contributed by atoms with E-state index in [-0.39, 0.29) is 5.78 Å². The van der Waals surface area contributed by atoms with Crippen molar-refractivity contribution in [3.63, 3.8) is 0 Å². The van der Waals surface area contributed by atoms with Crippen molar-refractivity contribution in [3.05, 3.63) is 46.0 Å². The molecule has 1 aromatic rings. The van der Waals surface area contributed by atoms with Gasteiger partial charge in [-0.05, 0) is 55.9 Å². The number of carbonyl (C=O) groups is 1. The van der Waals surface area contributed by atoms with Crippen LogP contribution in [0.4, 0.5) is 0 Å². The predicted molar refractivity (Wildman–Crippen MR) is 67.1 cm³/mol. The van der Waals surface area contributed by atoms with Crippen LogP contribution in [-0.2, 0) is 0 Å². The highest BCUT2D eigenvalue weighted by atomic mass is 35.5. The van der Waals surface area contributed by atoms with E-state index in [1.54, 1.807) is 6.07 Å². The quantitative estimate of drug-likeness (QED) is 0.696. The Balaban J connectivity index is 2.33. The zero-order valence-electron chi connectivity index (χ0n) is 9.42. The lowest BCUT2D eigenvalue weighted by molar-refractivity contribution is 0.102. The second kappa shape index (κ2) is 4.84. The molecule has 2 rings (SSSR count). The summed E-state index contributed by atoms with van der Waals surface area (Å²) in [6, 6.07) is 5.50. The van der Waals surface area contributed by atoms with Gasteiger partial charge in [-0.25, -0.2) is 0 Å². The van der Waals surface area contributed by atoms with E-state index >= 15 is 0 Å². The molecule has 1 nitrogen and oxygen atoms in total. The summed E-state index contributed by atoms with van der Waals surface area (Å²) in [6.45, 7) is 1.95. The number of benzene rings is 1. The number of hydrogen-bond donors (Lipinski definition) is 0. The number of allylic oxidation sites excluding steroid dienone is 2. The topological polar surface area (TPSA) is 17.1 Å². The van der Waals surface area contributed by atoms with Crippen LogP contribution in [0.5, 0.6) is 0 Å². The van der Waals surface area contributed by atoms with Crippen molar-refractivity contribution in [3.8, 4) is 0 Å². The monoisotopic (exact) mass is 234 g/mol. The third-order valence-electron chi connectivity index (χ3n) is 3.03. The van der Waals surface area contributed by atoms with Crippen molar-refractivity contribution in [2.75, 3.05) is 0 Å².